The number of pyridine rings is 2. The molecule has 0 unspecified atom stereocenters. The Labute approximate surface area is 194 Å². The van der Waals surface area contributed by atoms with Crippen LogP contribution in [0.1, 0.15) is 19.4 Å². The van der Waals surface area contributed by atoms with Crippen molar-refractivity contribution in [1.29, 1.82) is 0 Å². The molecule has 9 heteroatoms. The number of aromatic nitrogens is 5. The van der Waals surface area contributed by atoms with E-state index in [4.69, 9.17) is 4.74 Å². The van der Waals surface area contributed by atoms with Gasteiger partial charge in [-0.05, 0) is 37.6 Å². The number of hydrogen-bond acceptors (Lipinski definition) is 5. The average Bonchev–Trinajstić information content (AvgIpc) is 3.40. The van der Waals surface area contributed by atoms with Crippen LogP contribution < -0.4 is 10.4 Å². The van der Waals surface area contributed by atoms with Gasteiger partial charge in [-0.2, -0.15) is 0 Å². The zero-order valence-electron chi connectivity index (χ0n) is 19.3. The van der Waals surface area contributed by atoms with Crippen LogP contribution in [0.2, 0.25) is 0 Å². The highest BCUT2D eigenvalue weighted by atomic mass is 19.1. The predicted octanol–water partition coefficient (Wildman–Crippen LogP) is 4.40. The minimum atomic E-state index is -0.593. The number of aryl methyl sites for hydroxylation is 1. The summed E-state index contributed by atoms with van der Waals surface area (Å²) in [5.41, 5.74) is 3.41. The van der Waals surface area contributed by atoms with Crippen LogP contribution in [0.4, 0.5) is 4.39 Å². The molecule has 172 valence electrons. The maximum absolute atomic E-state index is 15.2. The van der Waals surface area contributed by atoms with Crippen LogP contribution in [0.5, 0.6) is 5.75 Å². The van der Waals surface area contributed by atoms with Crippen LogP contribution in [0.25, 0.3) is 44.4 Å². The number of aromatic amines is 1. The fraction of sp³-hybridized carbons (Fsp3) is 0.200. The first-order valence-electron chi connectivity index (χ1n) is 10.9. The van der Waals surface area contributed by atoms with Crippen molar-refractivity contribution in [3.8, 4) is 11.6 Å². The van der Waals surface area contributed by atoms with Crippen LogP contribution in [0.3, 0.4) is 0 Å². The molecule has 0 amide bonds. The minimum absolute atomic E-state index is 0.0748. The van der Waals surface area contributed by atoms with Crippen molar-refractivity contribution in [3.05, 3.63) is 64.6 Å². The average molecular weight is 458 g/mol. The van der Waals surface area contributed by atoms with E-state index in [0.29, 0.717) is 45.3 Å². The van der Waals surface area contributed by atoms with E-state index >= 15 is 4.39 Å². The lowest BCUT2D eigenvalue weighted by molar-refractivity contribution is 0.414. The third kappa shape index (κ3) is 3.20. The zero-order chi connectivity index (χ0) is 24.0. The summed E-state index contributed by atoms with van der Waals surface area (Å²) >= 11 is 0. The molecule has 34 heavy (non-hydrogen) atoms. The second-order valence-corrected chi connectivity index (χ2v) is 7.82. The molecule has 0 bridgehead atoms. The van der Waals surface area contributed by atoms with Gasteiger partial charge in [0.1, 0.15) is 11.4 Å². The fourth-order valence-corrected chi connectivity index (χ4v) is 4.21. The van der Waals surface area contributed by atoms with Crippen molar-refractivity contribution in [3.63, 3.8) is 0 Å². The first kappa shape index (κ1) is 21.6. The topological polar surface area (TPSA) is 90.1 Å². The van der Waals surface area contributed by atoms with Gasteiger partial charge in [0, 0.05) is 48.4 Å². The summed E-state index contributed by atoms with van der Waals surface area (Å²) in [5, 5.41) is 1.30. The lowest BCUT2D eigenvalue weighted by atomic mass is 10.0. The summed E-state index contributed by atoms with van der Waals surface area (Å²) in [4.78, 5) is 29.7. The molecule has 0 aliphatic rings. The number of rotatable bonds is 5. The number of allylic oxidation sites excluding steroid dienone is 2. The van der Waals surface area contributed by atoms with Crippen molar-refractivity contribution in [2.45, 2.75) is 13.8 Å². The fourth-order valence-electron chi connectivity index (χ4n) is 4.21. The molecule has 5 aromatic rings. The Balaban J connectivity index is 1.91. The third-order valence-electron chi connectivity index (χ3n) is 5.92. The van der Waals surface area contributed by atoms with Gasteiger partial charge in [0.2, 0.25) is 0 Å². The standard InChI is InChI=1S/C25H23FN6O2/c1-5-14(12-27-6-2)16-10-17-19(11-21(16)34-4)29-13-20-22(17)32(25(33)31(20)3)24-18(26)9-15-7-8-28-23(15)30-24/h5,7-13H,6H2,1-4H3,(H,28,30)/b14-5+,27-12?. The molecule has 1 aromatic carbocycles. The molecule has 0 saturated heterocycles. The van der Waals surface area contributed by atoms with Gasteiger partial charge in [-0.1, -0.05) is 6.08 Å². The number of benzene rings is 1. The first-order chi connectivity index (χ1) is 16.5. The van der Waals surface area contributed by atoms with Crippen LogP contribution in [0.15, 0.2) is 52.5 Å². The normalized spacial score (nSPS) is 12.6. The molecule has 0 aliphatic heterocycles. The maximum Gasteiger partial charge on any atom is 0.334 e. The summed E-state index contributed by atoms with van der Waals surface area (Å²) in [5.74, 6) is -0.0456. The van der Waals surface area contributed by atoms with E-state index in [0.717, 1.165) is 11.1 Å². The lowest BCUT2D eigenvalue weighted by Crippen LogP contribution is -2.22. The van der Waals surface area contributed by atoms with Crippen LogP contribution in [-0.2, 0) is 7.05 Å². The van der Waals surface area contributed by atoms with E-state index in [2.05, 4.69) is 19.9 Å². The van der Waals surface area contributed by atoms with E-state index in [1.807, 2.05) is 32.1 Å². The van der Waals surface area contributed by atoms with Gasteiger partial charge < -0.3 is 9.72 Å². The van der Waals surface area contributed by atoms with Crippen LogP contribution in [0, 0.1) is 5.82 Å². The number of H-pyrrole nitrogens is 1. The number of nitrogens with one attached hydrogen (secondary N) is 1. The molecule has 0 spiro atoms. The van der Waals surface area contributed by atoms with Crippen molar-refractivity contribution in [2.75, 3.05) is 13.7 Å². The summed E-state index contributed by atoms with van der Waals surface area (Å²) < 4.78 is 23.6. The Hall–Kier alpha value is -4.27. The van der Waals surface area contributed by atoms with Gasteiger partial charge in [-0.25, -0.2) is 18.7 Å². The number of ether oxygens (including phenoxy) is 1. The van der Waals surface area contributed by atoms with E-state index in [1.165, 1.54) is 15.2 Å². The van der Waals surface area contributed by atoms with E-state index in [9.17, 15) is 4.79 Å². The molecule has 0 fully saturated rings. The monoisotopic (exact) mass is 458 g/mol. The van der Waals surface area contributed by atoms with E-state index < -0.39 is 11.5 Å². The van der Waals surface area contributed by atoms with Crippen LogP contribution in [-0.4, -0.2) is 44.0 Å². The second kappa shape index (κ2) is 8.26. The van der Waals surface area contributed by atoms with E-state index in [-0.39, 0.29) is 5.82 Å². The number of fused-ring (bicyclic) bond motifs is 4. The smallest absolute Gasteiger partial charge is 0.334 e. The summed E-state index contributed by atoms with van der Waals surface area (Å²) in [7, 11) is 3.23. The number of methoxy groups -OCH3 is 1. The molecule has 8 nitrogen and oxygen atoms in total. The molecule has 4 heterocycles. The molecule has 1 N–H and O–H groups in total. The molecule has 0 aliphatic carbocycles. The van der Waals surface area contributed by atoms with Crippen molar-refractivity contribution >= 4 is 44.8 Å². The number of aliphatic imine (C=N–C) groups is 1. The molecule has 5 rings (SSSR count). The van der Waals surface area contributed by atoms with E-state index in [1.54, 1.807) is 38.8 Å². The largest absolute Gasteiger partial charge is 0.496 e. The van der Waals surface area contributed by atoms with Crippen LogP contribution >= 0.6 is 0 Å². The SMILES string of the molecule is C/C=C(\C=NCC)c1cc2c(cc1OC)ncc1c2n(-c2nc3[nH]ccc3cc2F)c(=O)n1C. The Morgan fingerprint density at radius 2 is 2.15 bits per heavy atom. The molecule has 0 atom stereocenters. The lowest BCUT2D eigenvalue weighted by Gasteiger charge is -2.12. The van der Waals surface area contributed by atoms with Gasteiger partial charge in [0.15, 0.2) is 11.6 Å². The molecular weight excluding hydrogens is 435 g/mol. The summed E-state index contributed by atoms with van der Waals surface area (Å²) in [6.07, 6.45) is 7.01. The summed E-state index contributed by atoms with van der Waals surface area (Å²) in [6, 6.07) is 6.82. The quantitative estimate of drug-likeness (QED) is 0.396. The predicted molar refractivity (Wildman–Crippen MR) is 133 cm³/mol. The Morgan fingerprint density at radius 1 is 1.32 bits per heavy atom. The highest BCUT2D eigenvalue weighted by Gasteiger charge is 2.22. The molecule has 4 aromatic heterocycles. The minimum Gasteiger partial charge on any atom is -0.496 e. The van der Waals surface area contributed by atoms with Crippen molar-refractivity contribution in [1.82, 2.24) is 24.1 Å². The number of halogens is 1. The third-order valence-corrected chi connectivity index (χ3v) is 5.92. The van der Waals surface area contributed by atoms with Crippen molar-refractivity contribution in [2.24, 2.45) is 12.0 Å². The molecule has 0 saturated carbocycles. The number of nitrogens with zero attached hydrogens (tertiary/aromatic N) is 5. The molecule has 0 radical (unpaired) electrons. The number of imidazole rings is 1. The Bertz CT molecular complexity index is 1690. The van der Waals surface area contributed by atoms with Gasteiger partial charge in [-0.3, -0.25) is 14.5 Å². The van der Waals surface area contributed by atoms with Gasteiger partial charge in [-0.15, -0.1) is 0 Å². The Kier molecular flexibility index (Phi) is 5.24. The number of hydrogen-bond donors (Lipinski definition) is 1. The zero-order valence-corrected chi connectivity index (χ0v) is 19.3. The Morgan fingerprint density at radius 3 is 2.88 bits per heavy atom. The van der Waals surface area contributed by atoms with Crippen molar-refractivity contribution < 1.29 is 9.13 Å². The highest BCUT2D eigenvalue weighted by Crippen LogP contribution is 2.34. The van der Waals surface area contributed by atoms with Gasteiger partial charge in [0.05, 0.1) is 29.9 Å². The summed E-state index contributed by atoms with van der Waals surface area (Å²) in [6.45, 7) is 4.52. The second-order valence-electron chi connectivity index (χ2n) is 7.82. The van der Waals surface area contributed by atoms with Gasteiger partial charge >= 0.3 is 5.69 Å². The molecular formula is C25H23FN6O2. The highest BCUT2D eigenvalue weighted by molar-refractivity contribution is 6.13. The maximum atomic E-state index is 15.2. The first-order valence-corrected chi connectivity index (χ1v) is 10.9. The van der Waals surface area contributed by atoms with Gasteiger partial charge in [0.25, 0.3) is 0 Å².